The Kier molecular flexibility index (Phi) is 7.82. The molecule has 0 bridgehead atoms. The Morgan fingerprint density at radius 1 is 1.08 bits per heavy atom. The molecule has 0 rings (SSSR count). The molecule has 0 unspecified atom stereocenters. The summed E-state index contributed by atoms with van der Waals surface area (Å²) in [5.41, 5.74) is 0. The van der Waals surface area contributed by atoms with Crippen molar-refractivity contribution >= 4 is 21.1 Å². The Balaban J connectivity index is 3.90. The molecule has 0 aromatic heterocycles. The fraction of sp³-hybridized carbons (Fsp3) is 1.00. The topological polar surface area (TPSA) is 18.5 Å². The fourth-order valence-electron chi connectivity index (χ4n) is 0.912. The van der Waals surface area contributed by atoms with Crippen molar-refractivity contribution < 1.29 is 9.05 Å². The molecule has 0 heterocycles. The molecule has 0 aliphatic carbocycles. The van der Waals surface area contributed by atoms with Crippen molar-refractivity contribution in [3.05, 3.63) is 0 Å². The summed E-state index contributed by atoms with van der Waals surface area (Å²) >= 11 is 3.09. The molecule has 2 nitrogen and oxygen atoms in total. The normalized spacial score (nSPS) is 11.9. The summed E-state index contributed by atoms with van der Waals surface area (Å²) in [7, 11) is 0. The Hall–Kier alpha value is 0.869. The minimum atomic E-state index is -1.61. The summed E-state index contributed by atoms with van der Waals surface area (Å²) in [5.74, 6) is -1.61. The molecule has 0 spiro atoms. The first-order valence-corrected chi connectivity index (χ1v) is 8.59. The zero-order valence-electron chi connectivity index (χ0n) is 8.21. The Morgan fingerprint density at radius 3 is 1.92 bits per heavy atom. The van der Waals surface area contributed by atoms with Gasteiger partial charge in [0, 0.05) is 0 Å². The van der Waals surface area contributed by atoms with Crippen LogP contribution in [0.3, 0.4) is 0 Å². The van der Waals surface area contributed by atoms with Gasteiger partial charge in [-0.25, -0.2) is 0 Å². The van der Waals surface area contributed by atoms with Crippen LogP contribution < -0.4 is 0 Å². The minimum absolute atomic E-state index is 0.741. The van der Waals surface area contributed by atoms with Gasteiger partial charge in [-0.1, -0.05) is 0 Å². The van der Waals surface area contributed by atoms with Gasteiger partial charge in [-0.15, -0.1) is 0 Å². The predicted octanol–water partition coefficient (Wildman–Crippen LogP) is 2.79. The van der Waals surface area contributed by atoms with E-state index in [1.54, 1.807) is 0 Å². The quantitative estimate of drug-likeness (QED) is 0.515. The molecule has 0 atom stereocenters. The van der Waals surface area contributed by atoms with Gasteiger partial charge in [-0.2, -0.15) is 0 Å². The summed E-state index contributed by atoms with van der Waals surface area (Å²) in [6.45, 7) is 7.69. The third kappa shape index (κ3) is 5.50. The second-order valence-electron chi connectivity index (χ2n) is 2.52. The summed E-state index contributed by atoms with van der Waals surface area (Å²) in [5, 5.41) is 0. The second kappa shape index (κ2) is 7.29. The molecule has 0 amide bonds. The number of unbranched alkanes of at least 4 members (excludes halogenated alkanes) is 1. The van der Waals surface area contributed by atoms with Crippen LogP contribution in [0.5, 0.6) is 0 Å². The van der Waals surface area contributed by atoms with E-state index in [0.29, 0.717) is 0 Å². The molecule has 0 saturated heterocycles. The molecule has 4 heteroatoms. The van der Waals surface area contributed by atoms with Crippen molar-refractivity contribution in [3.63, 3.8) is 0 Å². The fourth-order valence-corrected chi connectivity index (χ4v) is 4.87. The van der Waals surface area contributed by atoms with E-state index in [0.717, 1.165) is 19.4 Å². The van der Waals surface area contributed by atoms with E-state index in [9.17, 15) is 0 Å². The van der Waals surface area contributed by atoms with Gasteiger partial charge in [0.15, 0.2) is 0 Å². The van der Waals surface area contributed by atoms with Gasteiger partial charge < -0.3 is 0 Å². The molecular weight excluding hydrogens is 238 g/mol. The maximum absolute atomic E-state index is 5.61. The van der Waals surface area contributed by atoms with Crippen LogP contribution in [0.15, 0.2) is 0 Å². The Labute approximate surface area is 83.4 Å². The molecule has 0 fully saturated rings. The van der Waals surface area contributed by atoms with Gasteiger partial charge in [0.05, 0.1) is 0 Å². The predicted molar refractivity (Wildman–Crippen MR) is 55.7 cm³/mol. The number of hydrogen-bond acceptors (Lipinski definition) is 2. The monoisotopic (exact) mass is 258 g/mol. The summed E-state index contributed by atoms with van der Waals surface area (Å²) in [6.07, 6.45) is 3.43. The van der Waals surface area contributed by atoms with Gasteiger partial charge in [-0.3, -0.25) is 0 Å². The van der Waals surface area contributed by atoms with Crippen molar-refractivity contribution in [2.75, 3.05) is 19.4 Å². The first-order valence-electron chi connectivity index (χ1n) is 4.56. The van der Waals surface area contributed by atoms with E-state index in [1.807, 2.05) is 13.8 Å². The van der Waals surface area contributed by atoms with E-state index in [4.69, 9.17) is 9.05 Å². The van der Waals surface area contributed by atoms with Crippen LogP contribution in [-0.2, 0) is 9.05 Å². The van der Waals surface area contributed by atoms with E-state index in [-0.39, 0.29) is 0 Å². The van der Waals surface area contributed by atoms with Crippen molar-refractivity contribution in [3.8, 4) is 0 Å². The first kappa shape index (κ1) is 12.9. The molecule has 0 radical (unpaired) electrons. The van der Waals surface area contributed by atoms with Crippen LogP contribution in [0, 0.1) is 0 Å². The van der Waals surface area contributed by atoms with Crippen molar-refractivity contribution in [1.29, 1.82) is 0 Å². The molecule has 0 aliphatic heterocycles. The average Bonchev–Trinajstić information content (AvgIpc) is 2.02. The molecule has 74 valence electrons. The molecule has 0 aromatic carbocycles. The van der Waals surface area contributed by atoms with E-state index in [2.05, 4.69) is 22.0 Å². The molecule has 0 aliphatic rings. The van der Waals surface area contributed by atoms with Gasteiger partial charge >= 0.3 is 83.1 Å². The van der Waals surface area contributed by atoms with Gasteiger partial charge in [0.2, 0.25) is 0 Å². The van der Waals surface area contributed by atoms with E-state index in [1.165, 1.54) is 12.8 Å². The second-order valence-corrected chi connectivity index (χ2v) is 8.21. The van der Waals surface area contributed by atoms with Crippen molar-refractivity contribution in [1.82, 2.24) is 0 Å². The van der Waals surface area contributed by atoms with Crippen molar-refractivity contribution in [2.24, 2.45) is 0 Å². The Bertz CT molecular complexity index is 140. The molecule has 0 saturated carbocycles. The standard InChI is InChI=1S/C8H19O2PSe/c1-4-7-8-11(12,9-5-2)10-6-3/h4-8H2,1-3H3. The van der Waals surface area contributed by atoms with Crippen LogP contribution >= 0.6 is 5.96 Å². The zero-order valence-corrected chi connectivity index (χ0v) is 10.8. The molecule has 0 N–H and O–H groups in total. The number of rotatable bonds is 7. The van der Waals surface area contributed by atoms with Crippen LogP contribution in [0.25, 0.3) is 0 Å². The maximum atomic E-state index is 5.61. The zero-order chi connectivity index (χ0) is 9.45. The third-order valence-electron chi connectivity index (χ3n) is 1.44. The van der Waals surface area contributed by atoms with Crippen LogP contribution in [0.4, 0.5) is 0 Å². The van der Waals surface area contributed by atoms with E-state index < -0.39 is 5.96 Å². The molecule has 12 heavy (non-hydrogen) atoms. The Morgan fingerprint density at radius 2 is 1.58 bits per heavy atom. The van der Waals surface area contributed by atoms with Gasteiger partial charge in [-0.05, 0) is 0 Å². The van der Waals surface area contributed by atoms with Crippen LogP contribution in [0.2, 0.25) is 0 Å². The SMILES string of the molecule is CCCCP(=[Se])(OCC)OCC. The molecular formula is C8H19O2PSe. The first-order chi connectivity index (χ1) is 5.68. The van der Waals surface area contributed by atoms with Gasteiger partial charge in [0.25, 0.3) is 0 Å². The van der Waals surface area contributed by atoms with Crippen LogP contribution in [0.1, 0.15) is 33.6 Å². The van der Waals surface area contributed by atoms with Crippen molar-refractivity contribution in [2.45, 2.75) is 33.6 Å². The molecule has 0 aromatic rings. The van der Waals surface area contributed by atoms with E-state index >= 15 is 0 Å². The average molecular weight is 257 g/mol. The van der Waals surface area contributed by atoms with Crippen LogP contribution in [-0.4, -0.2) is 34.5 Å². The summed E-state index contributed by atoms with van der Waals surface area (Å²) in [4.78, 5) is 0. The number of hydrogen-bond donors (Lipinski definition) is 0. The third-order valence-corrected chi connectivity index (χ3v) is 6.08. The summed E-state index contributed by atoms with van der Waals surface area (Å²) < 4.78 is 11.2. The summed E-state index contributed by atoms with van der Waals surface area (Å²) in [6, 6.07) is 0. The van der Waals surface area contributed by atoms with Gasteiger partial charge in [0.1, 0.15) is 0 Å².